The van der Waals surface area contributed by atoms with Crippen molar-refractivity contribution in [3.63, 3.8) is 0 Å². The van der Waals surface area contributed by atoms with Crippen LogP contribution in [0.2, 0.25) is 0 Å². The van der Waals surface area contributed by atoms with Crippen molar-refractivity contribution in [1.82, 2.24) is 20.1 Å². The molecule has 1 heterocycles. The topological polar surface area (TPSA) is 62.7 Å². The zero-order chi connectivity index (χ0) is 12.0. The van der Waals surface area contributed by atoms with Crippen LogP contribution in [-0.4, -0.2) is 33.6 Å². The third-order valence-corrected chi connectivity index (χ3v) is 3.24. The van der Waals surface area contributed by atoms with Crippen LogP contribution in [0, 0.1) is 5.92 Å². The summed E-state index contributed by atoms with van der Waals surface area (Å²) in [5, 5.41) is 10.5. The van der Waals surface area contributed by atoms with Crippen molar-refractivity contribution in [2.75, 3.05) is 18.8 Å². The molecular weight excluding hydrogens is 224 g/mol. The average molecular weight is 244 g/mol. The fourth-order valence-electron chi connectivity index (χ4n) is 1.21. The molecule has 0 fully saturated rings. The lowest BCUT2D eigenvalue weighted by molar-refractivity contribution is 0.551. The van der Waals surface area contributed by atoms with Crippen molar-refractivity contribution in [3.05, 3.63) is 10.5 Å². The minimum absolute atomic E-state index is 0.152. The largest absolute Gasteiger partial charge is 0.343 e. The normalized spacial score (nSPS) is 11.2. The van der Waals surface area contributed by atoms with Crippen molar-refractivity contribution in [1.29, 1.82) is 0 Å². The van der Waals surface area contributed by atoms with Crippen molar-refractivity contribution in [2.45, 2.75) is 25.4 Å². The van der Waals surface area contributed by atoms with E-state index in [4.69, 9.17) is 0 Å². The highest BCUT2D eigenvalue weighted by molar-refractivity contribution is 7.99. The Bertz CT molecular complexity index is 358. The van der Waals surface area contributed by atoms with E-state index in [1.165, 1.54) is 4.57 Å². The third kappa shape index (κ3) is 4.40. The van der Waals surface area contributed by atoms with Gasteiger partial charge >= 0.3 is 5.69 Å². The molecule has 1 aromatic heterocycles. The summed E-state index contributed by atoms with van der Waals surface area (Å²) in [6, 6.07) is 0. The first-order chi connectivity index (χ1) is 7.61. The second-order valence-electron chi connectivity index (χ2n) is 4.17. The molecule has 0 amide bonds. The fourth-order valence-corrected chi connectivity index (χ4v) is 2.07. The van der Waals surface area contributed by atoms with Gasteiger partial charge in [-0.15, -0.1) is 5.10 Å². The number of nitrogens with zero attached hydrogens (tertiary/aromatic N) is 2. The second-order valence-corrected chi connectivity index (χ2v) is 5.23. The lowest BCUT2D eigenvalue weighted by Crippen LogP contribution is -2.21. The Hall–Kier alpha value is -0.750. The number of nitrogens with one attached hydrogen (secondary N) is 2. The van der Waals surface area contributed by atoms with Gasteiger partial charge in [-0.2, -0.15) is 0 Å². The molecule has 1 rings (SSSR count). The van der Waals surface area contributed by atoms with Gasteiger partial charge in [0.2, 0.25) is 0 Å². The maximum absolute atomic E-state index is 11.1. The lowest BCUT2D eigenvalue weighted by atomic mass is 10.2. The highest BCUT2D eigenvalue weighted by atomic mass is 32.2. The molecule has 1 aromatic rings. The highest BCUT2D eigenvalue weighted by Gasteiger charge is 2.03. The number of aromatic amines is 1. The van der Waals surface area contributed by atoms with E-state index in [1.54, 1.807) is 18.8 Å². The molecule has 16 heavy (non-hydrogen) atoms. The predicted molar refractivity (Wildman–Crippen MR) is 66.9 cm³/mol. The zero-order valence-electron chi connectivity index (χ0n) is 10.1. The SMILES string of the molecule is CC(C)CNCCCSc1n[nH]c(=O)n1C. The van der Waals surface area contributed by atoms with Gasteiger partial charge in [-0.05, 0) is 25.4 Å². The van der Waals surface area contributed by atoms with Gasteiger partial charge in [0, 0.05) is 12.8 Å². The van der Waals surface area contributed by atoms with Crippen LogP contribution >= 0.6 is 11.8 Å². The summed E-state index contributed by atoms with van der Waals surface area (Å²) >= 11 is 1.61. The fraction of sp³-hybridized carbons (Fsp3) is 0.800. The van der Waals surface area contributed by atoms with Gasteiger partial charge in [0.25, 0.3) is 0 Å². The van der Waals surface area contributed by atoms with Gasteiger partial charge in [0.15, 0.2) is 5.16 Å². The van der Waals surface area contributed by atoms with Gasteiger partial charge in [-0.25, -0.2) is 9.89 Å². The molecule has 2 N–H and O–H groups in total. The molecule has 0 saturated heterocycles. The van der Waals surface area contributed by atoms with Gasteiger partial charge in [-0.3, -0.25) is 4.57 Å². The number of aromatic nitrogens is 3. The molecule has 0 unspecified atom stereocenters. The van der Waals surface area contributed by atoms with E-state index < -0.39 is 0 Å². The second kappa shape index (κ2) is 6.75. The van der Waals surface area contributed by atoms with Crippen LogP contribution in [0.15, 0.2) is 9.95 Å². The molecule has 0 aliphatic rings. The Kier molecular flexibility index (Phi) is 5.62. The number of hydrogen-bond acceptors (Lipinski definition) is 4. The average Bonchev–Trinajstić information content (AvgIpc) is 2.54. The van der Waals surface area contributed by atoms with Crippen LogP contribution in [-0.2, 0) is 7.05 Å². The molecule has 92 valence electrons. The molecule has 0 aliphatic heterocycles. The van der Waals surface area contributed by atoms with Crippen molar-refractivity contribution >= 4 is 11.8 Å². The molecule has 0 aromatic carbocycles. The summed E-state index contributed by atoms with van der Waals surface area (Å²) in [6.45, 7) is 6.47. The first-order valence-corrected chi connectivity index (χ1v) is 6.54. The lowest BCUT2D eigenvalue weighted by Gasteiger charge is -2.06. The molecular formula is C10H20N4OS. The summed E-state index contributed by atoms with van der Waals surface area (Å²) in [7, 11) is 1.73. The van der Waals surface area contributed by atoms with Gasteiger partial charge < -0.3 is 5.32 Å². The van der Waals surface area contributed by atoms with Crippen LogP contribution in [0.4, 0.5) is 0 Å². The first-order valence-electron chi connectivity index (χ1n) is 5.56. The van der Waals surface area contributed by atoms with Gasteiger partial charge in [-0.1, -0.05) is 25.6 Å². The Morgan fingerprint density at radius 2 is 2.31 bits per heavy atom. The molecule has 0 radical (unpaired) electrons. The van der Waals surface area contributed by atoms with Gasteiger partial charge in [0.1, 0.15) is 0 Å². The predicted octanol–water partition coefficient (Wildman–Crippen LogP) is 0.836. The maximum atomic E-state index is 11.1. The molecule has 5 nitrogen and oxygen atoms in total. The molecule has 0 saturated carbocycles. The monoisotopic (exact) mass is 244 g/mol. The van der Waals surface area contributed by atoms with E-state index in [-0.39, 0.29) is 5.69 Å². The minimum atomic E-state index is -0.152. The van der Waals surface area contributed by atoms with Crippen LogP contribution in [0.5, 0.6) is 0 Å². The number of thioether (sulfide) groups is 1. The summed E-state index contributed by atoms with van der Waals surface area (Å²) in [5.74, 6) is 1.67. The van der Waals surface area contributed by atoms with Gasteiger partial charge in [0.05, 0.1) is 0 Å². The standard InChI is InChI=1S/C10H20N4OS/c1-8(2)7-11-5-4-6-16-10-13-12-9(15)14(10)3/h8,11H,4-7H2,1-3H3,(H,12,15). The number of rotatable bonds is 7. The Balaban J connectivity index is 2.12. The van der Waals surface area contributed by atoms with Crippen LogP contribution in [0.3, 0.4) is 0 Å². The molecule has 0 bridgehead atoms. The van der Waals surface area contributed by atoms with E-state index in [1.807, 2.05) is 0 Å². The summed E-state index contributed by atoms with van der Waals surface area (Å²) in [5.41, 5.74) is -0.152. The van der Waals surface area contributed by atoms with E-state index in [2.05, 4.69) is 29.4 Å². The van der Waals surface area contributed by atoms with E-state index >= 15 is 0 Å². The van der Waals surface area contributed by atoms with E-state index in [0.717, 1.165) is 30.4 Å². The summed E-state index contributed by atoms with van der Waals surface area (Å²) in [4.78, 5) is 11.1. The van der Waals surface area contributed by atoms with Crippen LogP contribution in [0.25, 0.3) is 0 Å². The minimum Gasteiger partial charge on any atom is -0.316 e. The molecule has 0 spiro atoms. The Labute approximate surface area is 100 Å². The first kappa shape index (κ1) is 13.3. The van der Waals surface area contributed by atoms with Crippen molar-refractivity contribution in [3.8, 4) is 0 Å². The van der Waals surface area contributed by atoms with E-state index in [0.29, 0.717) is 5.92 Å². The highest BCUT2D eigenvalue weighted by Crippen LogP contribution is 2.12. The molecule has 0 aliphatic carbocycles. The van der Waals surface area contributed by atoms with E-state index in [9.17, 15) is 4.79 Å². The molecule has 0 atom stereocenters. The maximum Gasteiger partial charge on any atom is 0.343 e. The quantitative estimate of drug-likeness (QED) is 0.551. The number of hydrogen-bond donors (Lipinski definition) is 2. The summed E-state index contributed by atoms with van der Waals surface area (Å²) in [6.07, 6.45) is 1.08. The van der Waals surface area contributed by atoms with Crippen molar-refractivity contribution < 1.29 is 0 Å². The number of H-pyrrole nitrogens is 1. The van der Waals surface area contributed by atoms with Crippen LogP contribution in [0.1, 0.15) is 20.3 Å². The van der Waals surface area contributed by atoms with Crippen molar-refractivity contribution in [2.24, 2.45) is 13.0 Å². The zero-order valence-corrected chi connectivity index (χ0v) is 10.9. The Morgan fingerprint density at radius 1 is 1.56 bits per heavy atom. The van der Waals surface area contributed by atoms with Crippen LogP contribution < -0.4 is 11.0 Å². The summed E-state index contributed by atoms with van der Waals surface area (Å²) < 4.78 is 1.53. The third-order valence-electron chi connectivity index (χ3n) is 2.12. The smallest absolute Gasteiger partial charge is 0.316 e. The molecule has 6 heteroatoms. The Morgan fingerprint density at radius 3 is 2.88 bits per heavy atom.